The van der Waals surface area contributed by atoms with E-state index in [2.05, 4.69) is 51.8 Å². The second kappa shape index (κ2) is 5.13. The molecule has 2 aromatic heterocycles. The molecule has 4 nitrogen and oxygen atoms in total. The molecule has 3 aromatic rings. The number of benzene rings is 1. The molecule has 0 fully saturated rings. The Labute approximate surface area is 129 Å². The summed E-state index contributed by atoms with van der Waals surface area (Å²) < 4.78 is 4.66. The summed E-state index contributed by atoms with van der Waals surface area (Å²) in [6.45, 7) is 3.59. The van der Waals surface area contributed by atoms with Crippen LogP contribution < -0.4 is 0 Å². The van der Waals surface area contributed by atoms with Crippen LogP contribution in [0.3, 0.4) is 0 Å². The van der Waals surface area contributed by atoms with Gasteiger partial charge in [-0.3, -0.25) is 9.36 Å². The van der Waals surface area contributed by atoms with Gasteiger partial charge in [0.15, 0.2) is 0 Å². The second-order valence-corrected chi connectivity index (χ2v) is 5.67. The fraction of sp³-hybridized carbons (Fsp3) is 0.231. The Morgan fingerprint density at radius 1 is 1.26 bits per heavy atom. The number of aryl methyl sites for hydroxylation is 1. The van der Waals surface area contributed by atoms with Crippen molar-refractivity contribution in [2.75, 3.05) is 0 Å². The van der Waals surface area contributed by atoms with Crippen LogP contribution in [-0.4, -0.2) is 19.6 Å². The van der Waals surface area contributed by atoms with Crippen molar-refractivity contribution in [1.29, 1.82) is 0 Å². The summed E-state index contributed by atoms with van der Waals surface area (Å²) in [5, 5.41) is 10.9. The smallest absolute Gasteiger partial charge is 0.141 e. The Balaban J connectivity index is 2.05. The number of rotatable bonds is 3. The van der Waals surface area contributed by atoms with Gasteiger partial charge in [-0.05, 0) is 35.6 Å². The molecule has 1 aromatic carbocycles. The Hall–Kier alpha value is -1.08. The maximum Gasteiger partial charge on any atom is 0.141 e. The summed E-state index contributed by atoms with van der Waals surface area (Å²) in [7, 11) is 0. The molecular formula is C13H12ClIN4. The zero-order valence-electron chi connectivity index (χ0n) is 10.3. The Kier molecular flexibility index (Phi) is 3.49. The van der Waals surface area contributed by atoms with Gasteiger partial charge in [0.05, 0.1) is 22.8 Å². The monoisotopic (exact) mass is 386 g/mol. The minimum absolute atomic E-state index is 0.635. The van der Waals surface area contributed by atoms with E-state index in [1.807, 2.05) is 27.7 Å². The predicted octanol–water partition coefficient (Wildman–Crippen LogP) is 3.56. The van der Waals surface area contributed by atoms with Crippen molar-refractivity contribution in [2.24, 2.45) is 0 Å². The van der Waals surface area contributed by atoms with Crippen LogP contribution in [-0.2, 0) is 13.1 Å². The molecule has 0 aliphatic carbocycles. The molecule has 0 spiro atoms. The molecule has 0 aliphatic rings. The van der Waals surface area contributed by atoms with E-state index in [0.29, 0.717) is 11.6 Å². The molecule has 0 saturated heterocycles. The molecule has 3 rings (SSSR count). The van der Waals surface area contributed by atoms with Gasteiger partial charge in [0.1, 0.15) is 3.70 Å². The highest BCUT2D eigenvalue weighted by Crippen LogP contribution is 2.21. The summed E-state index contributed by atoms with van der Waals surface area (Å²) in [6.07, 6.45) is 1.84. The molecule has 6 heteroatoms. The lowest BCUT2D eigenvalue weighted by Crippen LogP contribution is -2.03. The number of para-hydroxylation sites is 1. The first-order valence-corrected chi connectivity index (χ1v) is 7.47. The maximum absolute atomic E-state index is 6.03. The van der Waals surface area contributed by atoms with Crippen LogP contribution in [0.2, 0.25) is 5.02 Å². The Morgan fingerprint density at radius 2 is 2.05 bits per heavy atom. The molecule has 19 heavy (non-hydrogen) atoms. The molecule has 0 aliphatic heterocycles. The summed E-state index contributed by atoms with van der Waals surface area (Å²) in [5.74, 6) is 0. The highest BCUT2D eigenvalue weighted by Gasteiger charge is 2.11. The quantitative estimate of drug-likeness (QED) is 0.645. The minimum atomic E-state index is 0.635. The third-order valence-electron chi connectivity index (χ3n) is 3.02. The van der Waals surface area contributed by atoms with E-state index in [1.165, 1.54) is 5.39 Å². The van der Waals surface area contributed by atoms with Crippen molar-refractivity contribution in [3.05, 3.63) is 44.9 Å². The molecule has 0 radical (unpaired) electrons. The number of hydrogen-bond donors (Lipinski definition) is 0. The standard InChI is InChI=1S/C13H12ClIN4/c1-2-19-12-6-4-3-5-9(12)11(16-19)8-18-7-10(14)13(15)17-18/h3-7H,2,8H2,1H3. The largest absolute Gasteiger partial charge is 0.265 e. The van der Waals surface area contributed by atoms with Crippen molar-refractivity contribution in [3.63, 3.8) is 0 Å². The average molecular weight is 387 g/mol. The first-order valence-electron chi connectivity index (χ1n) is 6.02. The highest BCUT2D eigenvalue weighted by molar-refractivity contribution is 14.1. The van der Waals surface area contributed by atoms with Crippen LogP contribution in [0.1, 0.15) is 12.6 Å². The molecule has 0 atom stereocenters. The third-order valence-corrected chi connectivity index (χ3v) is 4.41. The molecule has 2 heterocycles. The van der Waals surface area contributed by atoms with E-state index in [1.54, 1.807) is 0 Å². The first kappa shape index (κ1) is 12.9. The van der Waals surface area contributed by atoms with E-state index in [9.17, 15) is 0 Å². The average Bonchev–Trinajstić information content (AvgIpc) is 2.92. The lowest BCUT2D eigenvalue weighted by molar-refractivity contribution is 0.625. The molecule has 0 amide bonds. The minimum Gasteiger partial charge on any atom is -0.265 e. The molecule has 98 valence electrons. The van der Waals surface area contributed by atoms with E-state index >= 15 is 0 Å². The zero-order chi connectivity index (χ0) is 13.4. The van der Waals surface area contributed by atoms with Crippen LogP contribution >= 0.6 is 34.2 Å². The summed E-state index contributed by atoms with van der Waals surface area (Å²) in [5.41, 5.74) is 2.18. The van der Waals surface area contributed by atoms with Crippen LogP contribution in [0.5, 0.6) is 0 Å². The van der Waals surface area contributed by atoms with Crippen LogP contribution in [0.4, 0.5) is 0 Å². The van der Waals surface area contributed by atoms with Crippen LogP contribution in [0, 0.1) is 3.70 Å². The van der Waals surface area contributed by atoms with Gasteiger partial charge in [0.25, 0.3) is 0 Å². The molecule has 0 bridgehead atoms. The van der Waals surface area contributed by atoms with Crippen molar-refractivity contribution >= 4 is 45.1 Å². The molecule has 0 unspecified atom stereocenters. The van der Waals surface area contributed by atoms with Crippen molar-refractivity contribution in [1.82, 2.24) is 19.6 Å². The van der Waals surface area contributed by atoms with Crippen LogP contribution in [0.25, 0.3) is 10.9 Å². The van der Waals surface area contributed by atoms with E-state index in [0.717, 1.165) is 21.5 Å². The number of aromatic nitrogens is 4. The number of nitrogens with zero attached hydrogens (tertiary/aromatic N) is 4. The van der Waals surface area contributed by atoms with Crippen LogP contribution in [0.15, 0.2) is 30.5 Å². The lowest BCUT2D eigenvalue weighted by Gasteiger charge is -1.97. The maximum atomic E-state index is 6.03. The Bertz CT molecular complexity index is 712. The van der Waals surface area contributed by atoms with Gasteiger partial charge in [-0.25, -0.2) is 0 Å². The van der Waals surface area contributed by atoms with E-state index < -0.39 is 0 Å². The van der Waals surface area contributed by atoms with E-state index in [-0.39, 0.29) is 0 Å². The van der Waals surface area contributed by atoms with Crippen molar-refractivity contribution in [2.45, 2.75) is 20.0 Å². The topological polar surface area (TPSA) is 35.6 Å². The van der Waals surface area contributed by atoms with Crippen molar-refractivity contribution in [3.8, 4) is 0 Å². The number of hydrogen-bond acceptors (Lipinski definition) is 2. The fourth-order valence-corrected chi connectivity index (χ4v) is 2.73. The van der Waals surface area contributed by atoms with Gasteiger partial charge < -0.3 is 0 Å². The third kappa shape index (κ3) is 2.36. The normalized spacial score (nSPS) is 11.3. The fourth-order valence-electron chi connectivity index (χ4n) is 2.16. The van der Waals surface area contributed by atoms with Crippen molar-refractivity contribution < 1.29 is 0 Å². The second-order valence-electron chi connectivity index (χ2n) is 4.25. The Morgan fingerprint density at radius 3 is 2.74 bits per heavy atom. The van der Waals surface area contributed by atoms with Gasteiger partial charge in [-0.15, -0.1) is 0 Å². The SMILES string of the molecule is CCn1nc(Cn2cc(Cl)c(I)n2)c2ccccc21. The van der Waals surface area contributed by atoms with Gasteiger partial charge in [0, 0.05) is 18.1 Å². The summed E-state index contributed by atoms with van der Waals surface area (Å²) in [4.78, 5) is 0. The zero-order valence-corrected chi connectivity index (χ0v) is 13.3. The number of fused-ring (bicyclic) bond motifs is 1. The highest BCUT2D eigenvalue weighted by atomic mass is 127. The van der Waals surface area contributed by atoms with Gasteiger partial charge >= 0.3 is 0 Å². The predicted molar refractivity (Wildman–Crippen MR) is 84.5 cm³/mol. The molecule has 0 saturated carbocycles. The molecule has 0 N–H and O–H groups in total. The van der Waals surface area contributed by atoms with E-state index in [4.69, 9.17) is 11.6 Å². The summed E-state index contributed by atoms with van der Waals surface area (Å²) >= 11 is 8.16. The van der Waals surface area contributed by atoms with Gasteiger partial charge in [-0.2, -0.15) is 10.2 Å². The lowest BCUT2D eigenvalue weighted by atomic mass is 10.2. The van der Waals surface area contributed by atoms with Gasteiger partial charge in [0.2, 0.25) is 0 Å². The summed E-state index contributed by atoms with van der Waals surface area (Å²) in [6, 6.07) is 8.26. The molecular weight excluding hydrogens is 375 g/mol. The first-order chi connectivity index (χ1) is 9.19. The number of halogens is 2. The van der Waals surface area contributed by atoms with Gasteiger partial charge in [-0.1, -0.05) is 29.8 Å².